The average molecular weight is 1030 g/mol. The summed E-state index contributed by atoms with van der Waals surface area (Å²) in [4.78, 5) is 66.9. The Kier molecular flexibility index (Phi) is 17.3. The third-order valence-electron chi connectivity index (χ3n) is 10.9. The number of fused-ring (bicyclic) bond motifs is 2. The van der Waals surface area contributed by atoms with Crippen LogP contribution in [-0.4, -0.2) is 159 Å². The van der Waals surface area contributed by atoms with E-state index in [4.69, 9.17) is 9.11 Å². The van der Waals surface area contributed by atoms with Gasteiger partial charge in [-0.05, 0) is 44.5 Å². The van der Waals surface area contributed by atoms with Gasteiger partial charge in [0, 0.05) is 66.1 Å². The molecule has 0 bridgehead atoms. The summed E-state index contributed by atoms with van der Waals surface area (Å²) in [7, 11) is -17.7. The van der Waals surface area contributed by atoms with Gasteiger partial charge in [-0.1, -0.05) is 26.0 Å². The van der Waals surface area contributed by atoms with E-state index in [2.05, 4.69) is 21.3 Å². The molecular weight excluding hydrogens is 981 g/mol. The molecule has 4 amide bonds. The van der Waals surface area contributed by atoms with Gasteiger partial charge in [0.2, 0.25) is 17.5 Å². The number of carbonyl (C=O) groups is 5. The molecule has 374 valence electrons. The average Bonchev–Trinajstić information content (AvgIpc) is 3.54. The lowest BCUT2D eigenvalue weighted by atomic mass is 9.78. The van der Waals surface area contributed by atoms with Crippen molar-refractivity contribution in [1.82, 2.24) is 21.3 Å². The van der Waals surface area contributed by atoms with Gasteiger partial charge in [0.05, 0.1) is 58.2 Å². The zero-order valence-electron chi connectivity index (χ0n) is 37.2. The minimum Gasteiger partial charge on any atom is -0.478 e. The molecule has 4 rings (SSSR count). The fraction of sp³-hybridized carbons (Fsp3) is 0.450. The van der Waals surface area contributed by atoms with E-state index >= 15 is 0 Å². The number of rotatable bonds is 23. The van der Waals surface area contributed by atoms with Gasteiger partial charge in [-0.25, -0.2) is 4.79 Å². The van der Waals surface area contributed by atoms with Crippen LogP contribution in [0, 0.1) is 0 Å². The summed E-state index contributed by atoms with van der Waals surface area (Å²) in [5.41, 5.74) is -0.482. The highest BCUT2D eigenvalue weighted by Crippen LogP contribution is 2.50. The lowest BCUT2D eigenvalue weighted by Gasteiger charge is -2.27. The summed E-state index contributed by atoms with van der Waals surface area (Å²) in [5, 5.41) is 19.3. The largest absolute Gasteiger partial charge is 0.478 e. The molecule has 0 radical (unpaired) electrons. The van der Waals surface area contributed by atoms with E-state index in [1.807, 2.05) is 0 Å². The third kappa shape index (κ3) is 14.7. The van der Waals surface area contributed by atoms with E-state index in [1.54, 1.807) is 61.5 Å². The van der Waals surface area contributed by atoms with Crippen molar-refractivity contribution < 1.29 is 85.5 Å². The highest BCUT2D eigenvalue weighted by atomic mass is 32.2. The Hall–Kier alpha value is -5.62. The summed E-state index contributed by atoms with van der Waals surface area (Å²) in [6.07, 6.45) is 4.58. The summed E-state index contributed by atoms with van der Waals surface area (Å²) in [6.45, 7) is 4.36. The number of hydrogen-bond donors (Lipinski definition) is 9. The monoisotopic (exact) mass is 1030 g/mol. The predicted molar refractivity (Wildman–Crippen MR) is 246 cm³/mol. The number of carboxylic acid groups (broad SMARTS) is 1. The van der Waals surface area contributed by atoms with Gasteiger partial charge in [0.15, 0.2) is 5.71 Å². The van der Waals surface area contributed by atoms with E-state index in [0.717, 1.165) is 6.07 Å². The Morgan fingerprint density at radius 3 is 1.72 bits per heavy atom. The number of nitrogens with one attached hydrogen (secondary N) is 4. The van der Waals surface area contributed by atoms with Crippen molar-refractivity contribution in [3.8, 4) is 0 Å². The molecule has 0 aromatic heterocycles. The summed E-state index contributed by atoms with van der Waals surface area (Å²) in [5.74, 6) is -7.73. The first-order chi connectivity index (χ1) is 31.2. The second-order valence-electron chi connectivity index (χ2n) is 16.7. The highest BCUT2D eigenvalue weighted by Gasteiger charge is 2.48. The number of aromatic carboxylic acids is 1. The molecule has 2 aliphatic rings. The molecule has 0 unspecified atom stereocenters. The maximum absolute atomic E-state index is 14.1. The molecule has 68 heavy (non-hydrogen) atoms. The van der Waals surface area contributed by atoms with Crippen LogP contribution >= 0.6 is 0 Å². The maximum atomic E-state index is 14.1. The van der Waals surface area contributed by atoms with E-state index in [1.165, 1.54) is 18.2 Å². The first-order valence-corrected chi connectivity index (χ1v) is 26.9. The fourth-order valence-electron chi connectivity index (χ4n) is 8.00. The van der Waals surface area contributed by atoms with Crippen LogP contribution in [0.3, 0.4) is 0 Å². The molecule has 28 heteroatoms. The normalized spacial score (nSPS) is 16.1. The lowest BCUT2D eigenvalue weighted by molar-refractivity contribution is -0.437. The highest BCUT2D eigenvalue weighted by molar-refractivity contribution is 7.86. The van der Waals surface area contributed by atoms with Crippen LogP contribution in [0.4, 0.5) is 11.4 Å². The van der Waals surface area contributed by atoms with E-state index in [-0.39, 0.29) is 53.9 Å². The van der Waals surface area contributed by atoms with Crippen LogP contribution in [0.5, 0.6) is 0 Å². The third-order valence-corrected chi connectivity index (χ3v) is 13.9. The van der Waals surface area contributed by atoms with Gasteiger partial charge in [-0.2, -0.15) is 38.2 Å². The number of amides is 4. The molecule has 0 saturated carbocycles. The smallest absolute Gasteiger partial charge is 0.336 e. The van der Waals surface area contributed by atoms with E-state index in [9.17, 15) is 71.9 Å². The molecule has 0 saturated heterocycles. The molecule has 2 aliphatic heterocycles. The molecule has 2 aromatic rings. The fourth-order valence-corrected chi connectivity index (χ4v) is 9.71. The molecule has 0 atom stereocenters. The van der Waals surface area contributed by atoms with Crippen LogP contribution < -0.4 is 26.2 Å². The molecule has 0 aliphatic carbocycles. The lowest BCUT2D eigenvalue weighted by Crippen LogP contribution is -2.40. The van der Waals surface area contributed by atoms with Crippen molar-refractivity contribution >= 4 is 87.2 Å². The van der Waals surface area contributed by atoms with Gasteiger partial charge in [0.25, 0.3) is 52.3 Å². The Balaban J connectivity index is 1.86. The number of carbonyl (C=O) groups excluding carboxylic acids is 4. The van der Waals surface area contributed by atoms with Gasteiger partial charge >= 0.3 is 5.97 Å². The standard InChI is InChI=1S/C40H52N6O18S4/c1-39(2)30(45(15-7-17-65(53,54)55)28-10-5-9-26(34(28)39)38(51)52)11-6-12-31-40(3,4)35-27(37(50)44-24-33(48)42-14-20-68(62,63)64)21-25(22-29(35)46(31)16-8-18-66(56,57)58)36(49)43-23-32(47)41-13-19-67(59,60)61/h5-6,9-12,21-22H,7-8,13-20,23-24H2,1-4H3,(H8-,41,42,43,44,47,48,49,50,51,52,53,54,55,56,57,58,59,60,61,62,63,64)/p+1. The molecule has 24 nitrogen and oxygen atoms in total. The molecule has 2 aromatic carbocycles. The van der Waals surface area contributed by atoms with Crippen molar-refractivity contribution in [1.29, 1.82) is 0 Å². The van der Waals surface area contributed by atoms with Crippen LogP contribution in [0.15, 0.2) is 54.3 Å². The predicted octanol–water partition coefficient (Wildman–Crippen LogP) is 0.0223. The van der Waals surface area contributed by atoms with Crippen LogP contribution in [0.2, 0.25) is 0 Å². The van der Waals surface area contributed by atoms with Crippen LogP contribution in [-0.2, 0) is 60.9 Å². The van der Waals surface area contributed by atoms with Crippen molar-refractivity contribution in [2.75, 3.05) is 67.2 Å². The number of allylic oxidation sites excluding steroid dienone is 4. The topological polar surface area (TPSA) is 377 Å². The summed E-state index contributed by atoms with van der Waals surface area (Å²) >= 11 is 0. The second-order valence-corrected chi connectivity index (χ2v) is 23.0. The molecule has 2 heterocycles. The number of carboxylic acids is 1. The summed E-state index contributed by atoms with van der Waals surface area (Å²) < 4.78 is 130. The van der Waals surface area contributed by atoms with Crippen molar-refractivity contribution in [2.24, 2.45) is 0 Å². The Morgan fingerprint density at radius 1 is 0.662 bits per heavy atom. The number of nitrogens with zero attached hydrogens (tertiary/aromatic N) is 2. The number of benzene rings is 2. The molecular formula is C40H53N6O18S4+. The Labute approximate surface area is 392 Å². The quantitative estimate of drug-likeness (QED) is 0.0523. The van der Waals surface area contributed by atoms with Gasteiger partial charge in [-0.3, -0.25) is 37.4 Å². The molecule has 9 N–H and O–H groups in total. The molecule has 0 fully saturated rings. The first-order valence-electron chi connectivity index (χ1n) is 20.5. The van der Waals surface area contributed by atoms with Crippen molar-refractivity contribution in [3.63, 3.8) is 0 Å². The first kappa shape index (κ1) is 55.0. The minimum atomic E-state index is -4.51. The van der Waals surface area contributed by atoms with Gasteiger partial charge < -0.3 is 31.3 Å². The zero-order valence-corrected chi connectivity index (χ0v) is 40.4. The van der Waals surface area contributed by atoms with Crippen LogP contribution in [0.25, 0.3) is 0 Å². The maximum Gasteiger partial charge on any atom is 0.336 e. The van der Waals surface area contributed by atoms with E-state index in [0.29, 0.717) is 22.7 Å². The zero-order chi connectivity index (χ0) is 51.2. The van der Waals surface area contributed by atoms with Crippen LogP contribution in [0.1, 0.15) is 82.7 Å². The Morgan fingerprint density at radius 2 is 1.19 bits per heavy atom. The Bertz CT molecular complexity index is 2930. The minimum absolute atomic E-state index is 0.00886. The summed E-state index contributed by atoms with van der Waals surface area (Å²) in [6, 6.07) is 7.13. The number of anilines is 1. The van der Waals surface area contributed by atoms with Gasteiger partial charge in [0.1, 0.15) is 6.54 Å². The molecule has 0 spiro atoms. The van der Waals surface area contributed by atoms with Crippen molar-refractivity contribution in [3.05, 3.63) is 82.1 Å². The van der Waals surface area contributed by atoms with E-state index < -0.39 is 130 Å². The van der Waals surface area contributed by atoms with Gasteiger partial charge in [-0.15, -0.1) is 0 Å². The second kappa shape index (κ2) is 21.3. The number of hydrogen-bond acceptors (Lipinski definition) is 14. The van der Waals surface area contributed by atoms with Crippen molar-refractivity contribution in [2.45, 2.75) is 51.4 Å². The SMILES string of the molecule is CC1(C)C(/C=C/C=C2/N(CCCS(=O)(=O)O)c3cccc(C(=O)O)c3C2(C)C)=[N+](CCCS(=O)(=O)O)c2cc(C(=O)NCC(=O)NCCS(=O)(=O)O)cc(C(=O)NCC(=O)NCCS(=O)(=O)O)c21.